The average molecular weight is 255 g/mol. The molecule has 1 nitrogen and oxygen atoms in total. The van der Waals surface area contributed by atoms with Crippen molar-refractivity contribution in [1.82, 2.24) is 5.32 Å². The molecule has 3 fully saturated rings. The van der Waals surface area contributed by atoms with Gasteiger partial charge in [-0.2, -0.15) is 0 Å². The Balaban J connectivity index is 1.26. The fourth-order valence-electron chi connectivity index (χ4n) is 4.99. The Bertz CT molecular complexity index is 424. The molecule has 5 unspecified atom stereocenters. The van der Waals surface area contributed by atoms with Gasteiger partial charge in [0.25, 0.3) is 0 Å². The van der Waals surface area contributed by atoms with Crippen molar-refractivity contribution in [2.45, 2.75) is 51.1 Å². The van der Waals surface area contributed by atoms with E-state index >= 15 is 0 Å². The van der Waals surface area contributed by atoms with Crippen LogP contribution < -0.4 is 5.32 Å². The summed E-state index contributed by atoms with van der Waals surface area (Å²) in [4.78, 5) is 0. The smallest absolute Gasteiger partial charge is 0.0138 e. The van der Waals surface area contributed by atoms with Crippen molar-refractivity contribution in [3.63, 3.8) is 0 Å². The Kier molecular flexibility index (Phi) is 2.91. The third-order valence-corrected chi connectivity index (χ3v) is 5.92. The number of nitrogens with one attached hydrogen (secondary N) is 1. The molecule has 3 aliphatic carbocycles. The number of hydrogen-bond acceptors (Lipinski definition) is 1. The minimum absolute atomic E-state index is 0.676. The largest absolute Gasteiger partial charge is 0.311 e. The van der Waals surface area contributed by atoms with Crippen molar-refractivity contribution in [1.29, 1.82) is 0 Å². The van der Waals surface area contributed by atoms with Gasteiger partial charge in [-0.1, -0.05) is 30.3 Å². The molecular formula is C18H25N. The molecule has 0 amide bonds. The highest BCUT2D eigenvalue weighted by Crippen LogP contribution is 2.65. The number of rotatable bonds is 5. The number of hydrogen-bond donors (Lipinski definition) is 1. The number of benzene rings is 1. The Morgan fingerprint density at radius 2 is 1.79 bits per heavy atom. The lowest BCUT2D eigenvalue weighted by atomic mass is 10.0. The average Bonchev–Trinajstić information content (AvgIpc) is 2.85. The van der Waals surface area contributed by atoms with Crippen molar-refractivity contribution in [3.8, 4) is 0 Å². The van der Waals surface area contributed by atoms with E-state index in [1.165, 1.54) is 31.2 Å². The van der Waals surface area contributed by atoms with Gasteiger partial charge in [-0.25, -0.2) is 0 Å². The molecule has 1 aromatic carbocycles. The van der Waals surface area contributed by atoms with E-state index in [-0.39, 0.29) is 0 Å². The molecule has 1 aromatic rings. The molecule has 1 N–H and O–H groups in total. The summed E-state index contributed by atoms with van der Waals surface area (Å²) in [5, 5.41) is 3.93. The lowest BCUT2D eigenvalue weighted by Gasteiger charge is -2.17. The maximum atomic E-state index is 3.93. The van der Waals surface area contributed by atoms with E-state index in [1.807, 2.05) is 0 Å². The van der Waals surface area contributed by atoms with Gasteiger partial charge in [-0.3, -0.25) is 0 Å². The maximum absolute atomic E-state index is 3.93. The molecule has 19 heavy (non-hydrogen) atoms. The maximum Gasteiger partial charge on any atom is 0.0138 e. The van der Waals surface area contributed by atoms with E-state index in [2.05, 4.69) is 42.6 Å². The highest BCUT2D eigenvalue weighted by atomic mass is 15.0. The fraction of sp³-hybridized carbons (Fsp3) is 0.667. The molecule has 2 bridgehead atoms. The SMILES string of the molecule is CC(CCc1ccccc1)NC1C2C3CCC(C3)C12. The number of aryl methyl sites for hydroxylation is 1. The normalized spacial score (nSPS) is 40.2. The quantitative estimate of drug-likeness (QED) is 0.847. The molecule has 5 atom stereocenters. The van der Waals surface area contributed by atoms with Crippen molar-refractivity contribution in [2.75, 3.05) is 0 Å². The van der Waals surface area contributed by atoms with E-state index in [9.17, 15) is 0 Å². The van der Waals surface area contributed by atoms with Gasteiger partial charge in [0.05, 0.1) is 0 Å². The van der Waals surface area contributed by atoms with E-state index < -0.39 is 0 Å². The monoisotopic (exact) mass is 255 g/mol. The number of fused-ring (bicyclic) bond motifs is 5. The van der Waals surface area contributed by atoms with Gasteiger partial charge in [-0.15, -0.1) is 0 Å². The molecule has 0 heterocycles. The van der Waals surface area contributed by atoms with Crippen molar-refractivity contribution in [3.05, 3.63) is 35.9 Å². The predicted molar refractivity (Wildman–Crippen MR) is 79.0 cm³/mol. The highest BCUT2D eigenvalue weighted by Gasteiger charge is 2.64. The van der Waals surface area contributed by atoms with E-state index in [0.29, 0.717) is 6.04 Å². The zero-order valence-corrected chi connectivity index (χ0v) is 11.9. The minimum Gasteiger partial charge on any atom is -0.311 e. The highest BCUT2D eigenvalue weighted by molar-refractivity contribution is 5.18. The van der Waals surface area contributed by atoms with Crippen LogP contribution in [0.15, 0.2) is 30.3 Å². The van der Waals surface area contributed by atoms with Gasteiger partial charge in [0, 0.05) is 12.1 Å². The van der Waals surface area contributed by atoms with Gasteiger partial charge in [-0.05, 0) is 68.3 Å². The van der Waals surface area contributed by atoms with Crippen LogP contribution in [0.4, 0.5) is 0 Å². The lowest BCUT2D eigenvalue weighted by molar-refractivity contribution is 0.417. The summed E-state index contributed by atoms with van der Waals surface area (Å²) >= 11 is 0. The standard InChI is InChI=1S/C18H25N/c1-12(7-8-13-5-3-2-4-6-13)19-18-16-14-9-10-15(11-14)17(16)18/h2-6,12,14-19H,7-11H2,1H3. The second-order valence-electron chi connectivity index (χ2n) is 7.11. The van der Waals surface area contributed by atoms with Crippen molar-refractivity contribution < 1.29 is 0 Å². The summed E-state index contributed by atoms with van der Waals surface area (Å²) in [6, 6.07) is 12.5. The summed E-state index contributed by atoms with van der Waals surface area (Å²) in [5.41, 5.74) is 1.48. The second-order valence-corrected chi connectivity index (χ2v) is 7.11. The van der Waals surface area contributed by atoms with E-state index in [4.69, 9.17) is 0 Å². The Hall–Kier alpha value is -0.820. The van der Waals surface area contributed by atoms with Crippen LogP contribution in [0.25, 0.3) is 0 Å². The minimum atomic E-state index is 0.676. The first-order chi connectivity index (χ1) is 9.33. The molecule has 0 aromatic heterocycles. The first kappa shape index (κ1) is 12.0. The van der Waals surface area contributed by atoms with E-state index in [0.717, 1.165) is 29.7 Å². The van der Waals surface area contributed by atoms with Crippen LogP contribution in [-0.4, -0.2) is 12.1 Å². The summed E-state index contributed by atoms with van der Waals surface area (Å²) in [6.45, 7) is 2.37. The molecule has 4 rings (SSSR count). The molecule has 0 aliphatic heterocycles. The van der Waals surface area contributed by atoms with E-state index in [1.54, 1.807) is 6.42 Å². The van der Waals surface area contributed by atoms with Gasteiger partial charge in [0.2, 0.25) is 0 Å². The van der Waals surface area contributed by atoms with Crippen LogP contribution >= 0.6 is 0 Å². The molecular weight excluding hydrogens is 230 g/mol. The summed E-state index contributed by atoms with van der Waals surface area (Å²) < 4.78 is 0. The molecule has 102 valence electrons. The first-order valence-electron chi connectivity index (χ1n) is 8.13. The fourth-order valence-corrected chi connectivity index (χ4v) is 4.99. The molecule has 1 heteroatoms. The van der Waals surface area contributed by atoms with Crippen molar-refractivity contribution >= 4 is 0 Å². The van der Waals surface area contributed by atoms with Crippen LogP contribution in [0, 0.1) is 23.7 Å². The van der Waals surface area contributed by atoms with Crippen LogP contribution in [0.2, 0.25) is 0 Å². The predicted octanol–water partition coefficient (Wildman–Crippen LogP) is 3.64. The van der Waals surface area contributed by atoms with Gasteiger partial charge in [0.15, 0.2) is 0 Å². The van der Waals surface area contributed by atoms with Crippen LogP contribution in [0.1, 0.15) is 38.2 Å². The molecule has 0 radical (unpaired) electrons. The van der Waals surface area contributed by atoms with Crippen LogP contribution in [-0.2, 0) is 6.42 Å². The molecule has 3 aliphatic rings. The summed E-state index contributed by atoms with van der Waals surface area (Å²) in [7, 11) is 0. The summed E-state index contributed by atoms with van der Waals surface area (Å²) in [5.74, 6) is 4.32. The first-order valence-corrected chi connectivity index (χ1v) is 8.13. The Labute approximate surface area is 116 Å². The third kappa shape index (κ3) is 2.12. The molecule has 3 saturated carbocycles. The van der Waals surface area contributed by atoms with Gasteiger partial charge < -0.3 is 5.32 Å². The summed E-state index contributed by atoms with van der Waals surface area (Å²) in [6.07, 6.45) is 7.11. The molecule has 0 spiro atoms. The second kappa shape index (κ2) is 4.63. The van der Waals surface area contributed by atoms with Crippen molar-refractivity contribution in [2.24, 2.45) is 23.7 Å². The van der Waals surface area contributed by atoms with Gasteiger partial charge >= 0.3 is 0 Å². The zero-order valence-electron chi connectivity index (χ0n) is 11.9. The molecule has 0 saturated heterocycles. The lowest BCUT2D eigenvalue weighted by Crippen LogP contribution is -2.32. The zero-order chi connectivity index (χ0) is 12.8. The van der Waals surface area contributed by atoms with Crippen LogP contribution in [0.5, 0.6) is 0 Å². The Morgan fingerprint density at radius 3 is 2.47 bits per heavy atom. The topological polar surface area (TPSA) is 12.0 Å². The Morgan fingerprint density at radius 1 is 1.11 bits per heavy atom. The third-order valence-electron chi connectivity index (χ3n) is 5.92. The van der Waals surface area contributed by atoms with Crippen LogP contribution in [0.3, 0.4) is 0 Å². The van der Waals surface area contributed by atoms with Gasteiger partial charge in [0.1, 0.15) is 0 Å².